The third-order valence-corrected chi connectivity index (χ3v) is 5.24. The summed E-state index contributed by atoms with van der Waals surface area (Å²) in [6.07, 6.45) is 0.511. The van der Waals surface area contributed by atoms with E-state index in [1.54, 1.807) is 56.1 Å². The van der Waals surface area contributed by atoms with Crippen molar-refractivity contribution in [3.8, 4) is 5.88 Å². The first-order chi connectivity index (χ1) is 14.1. The molecule has 1 aliphatic rings. The smallest absolute Gasteiger partial charge is 0.275 e. The van der Waals surface area contributed by atoms with Gasteiger partial charge in [0.25, 0.3) is 5.91 Å². The number of carbonyl (C=O) groups is 2. The number of anilines is 3. The highest BCUT2D eigenvalue weighted by Crippen LogP contribution is 2.43. The van der Waals surface area contributed by atoms with Gasteiger partial charge in [0.2, 0.25) is 11.8 Å². The van der Waals surface area contributed by atoms with Gasteiger partial charge >= 0.3 is 0 Å². The van der Waals surface area contributed by atoms with Gasteiger partial charge in [-0.1, -0.05) is 31.5 Å². The van der Waals surface area contributed by atoms with E-state index in [2.05, 4.69) is 15.6 Å². The number of pyridine rings is 1. The van der Waals surface area contributed by atoms with Gasteiger partial charge in [-0.25, -0.2) is 0 Å². The third kappa shape index (κ3) is 5.29. The number of halogens is 2. The molecule has 2 amide bonds. The molecule has 0 spiro atoms. The Morgan fingerprint density at radius 2 is 1.97 bits per heavy atom. The number of hydrogen-bond acceptors (Lipinski definition) is 5. The number of benzene rings is 1. The maximum atomic E-state index is 13.5. The predicted molar refractivity (Wildman–Crippen MR) is 126 cm³/mol. The van der Waals surface area contributed by atoms with Crippen LogP contribution in [0.25, 0.3) is 0 Å². The number of nitrogens with zero attached hydrogens (tertiary/aromatic N) is 2. The molecule has 0 saturated heterocycles. The second kappa shape index (κ2) is 9.85. The number of amides is 2. The van der Waals surface area contributed by atoms with Crippen LogP contribution in [0.1, 0.15) is 34.1 Å². The largest absolute Gasteiger partial charge is 0.460 e. The Hall–Kier alpha value is -2.35. The molecule has 2 aromatic rings. The summed E-state index contributed by atoms with van der Waals surface area (Å²) in [5.41, 5.74) is 0.0368. The van der Waals surface area contributed by atoms with Gasteiger partial charge in [-0.05, 0) is 63.6 Å². The fourth-order valence-corrected chi connectivity index (χ4v) is 3.68. The molecular formula is C22H28Cl2N4O3. The van der Waals surface area contributed by atoms with Gasteiger partial charge in [-0.2, -0.15) is 4.98 Å². The number of hydrogen-bond donors (Lipinski definition) is 2. The zero-order valence-electron chi connectivity index (χ0n) is 18.2. The summed E-state index contributed by atoms with van der Waals surface area (Å²) in [7, 11) is 1.71. The Labute approximate surface area is 193 Å². The topological polar surface area (TPSA) is 83.6 Å². The molecule has 0 fully saturated rings. The van der Waals surface area contributed by atoms with Crippen molar-refractivity contribution in [1.82, 2.24) is 10.3 Å². The quantitative estimate of drug-likeness (QED) is 0.651. The Bertz CT molecular complexity index is 970. The van der Waals surface area contributed by atoms with Crippen molar-refractivity contribution in [3.05, 3.63) is 41.4 Å². The van der Waals surface area contributed by atoms with Crippen LogP contribution in [0.4, 0.5) is 17.2 Å². The molecule has 7 nitrogen and oxygen atoms in total. The molecule has 2 atom stereocenters. The lowest BCUT2D eigenvalue weighted by Gasteiger charge is -2.40. The van der Waals surface area contributed by atoms with Crippen LogP contribution >= 0.6 is 24.0 Å². The second-order valence-electron chi connectivity index (χ2n) is 8.07. The van der Waals surface area contributed by atoms with Gasteiger partial charge in [0.1, 0.15) is 11.5 Å². The molecule has 31 heavy (non-hydrogen) atoms. The summed E-state index contributed by atoms with van der Waals surface area (Å²) >= 11 is 6.18. The van der Waals surface area contributed by atoms with Gasteiger partial charge in [-0.15, -0.1) is 12.4 Å². The van der Waals surface area contributed by atoms with E-state index in [0.717, 1.165) is 0 Å². The Morgan fingerprint density at radius 3 is 2.58 bits per heavy atom. The molecule has 3 rings (SSSR count). The first-order valence-electron chi connectivity index (χ1n) is 9.93. The first-order valence-corrected chi connectivity index (χ1v) is 10.3. The molecule has 0 radical (unpaired) electrons. The van der Waals surface area contributed by atoms with E-state index >= 15 is 0 Å². The molecule has 0 aliphatic carbocycles. The lowest BCUT2D eigenvalue weighted by atomic mass is 9.91. The number of fused-ring (bicyclic) bond motifs is 1. The fraction of sp³-hybridized carbons (Fsp3) is 0.409. The van der Waals surface area contributed by atoms with Crippen LogP contribution in [0, 0.1) is 5.92 Å². The van der Waals surface area contributed by atoms with E-state index in [1.165, 1.54) is 0 Å². The summed E-state index contributed by atoms with van der Waals surface area (Å²) in [5.74, 6) is 0.462. The van der Waals surface area contributed by atoms with E-state index in [4.69, 9.17) is 16.3 Å². The maximum absolute atomic E-state index is 13.5. The van der Waals surface area contributed by atoms with Crippen molar-refractivity contribution in [2.45, 2.75) is 45.8 Å². The van der Waals surface area contributed by atoms with Gasteiger partial charge in [0.15, 0.2) is 5.60 Å². The molecule has 1 aromatic carbocycles. The van der Waals surface area contributed by atoms with Crippen molar-refractivity contribution >= 4 is 53.0 Å². The average Bonchev–Trinajstić information content (AvgIpc) is 2.67. The number of likely N-dealkylation sites (N-methyl/N-ethyl adjacent to an activating group) is 1. The molecule has 168 valence electrons. The summed E-state index contributed by atoms with van der Waals surface area (Å²) in [6, 6.07) is 10.1. The molecule has 1 unspecified atom stereocenters. The van der Waals surface area contributed by atoms with Crippen LogP contribution in [0.5, 0.6) is 5.88 Å². The molecular weight excluding hydrogens is 439 g/mol. The van der Waals surface area contributed by atoms with E-state index in [9.17, 15) is 9.59 Å². The highest BCUT2D eigenvalue weighted by molar-refractivity contribution is 6.31. The van der Waals surface area contributed by atoms with Gasteiger partial charge in [0, 0.05) is 5.02 Å². The van der Waals surface area contributed by atoms with Crippen LogP contribution in [0.15, 0.2) is 36.4 Å². The maximum Gasteiger partial charge on any atom is 0.275 e. The number of carbonyl (C=O) groups excluding carboxylic acids is 2. The second-order valence-corrected chi connectivity index (χ2v) is 8.51. The molecule has 9 heteroatoms. The minimum absolute atomic E-state index is 0. The minimum atomic E-state index is -1.10. The molecule has 2 N–H and O–H groups in total. The summed E-state index contributed by atoms with van der Waals surface area (Å²) in [6.45, 7) is 7.59. The number of rotatable bonds is 6. The Kier molecular flexibility index (Phi) is 7.92. The van der Waals surface area contributed by atoms with Crippen LogP contribution in [-0.2, 0) is 9.59 Å². The van der Waals surface area contributed by atoms with Crippen LogP contribution in [0.2, 0.25) is 5.02 Å². The van der Waals surface area contributed by atoms with Crippen molar-refractivity contribution in [2.24, 2.45) is 5.92 Å². The SMILES string of the molecule is CN[C@@H](C)C(=O)Nc1ccc2c(n1)OC(C)(CC(C)C)C(=O)N2c1cccc(Cl)c1.Cl. The molecule has 1 aliphatic heterocycles. The number of ether oxygens (including phenoxy) is 1. The molecule has 1 aromatic heterocycles. The van der Waals surface area contributed by atoms with E-state index in [0.29, 0.717) is 28.6 Å². The highest BCUT2D eigenvalue weighted by atomic mass is 35.5. The summed E-state index contributed by atoms with van der Waals surface area (Å²) < 4.78 is 6.13. The minimum Gasteiger partial charge on any atom is -0.460 e. The van der Waals surface area contributed by atoms with Crippen molar-refractivity contribution in [3.63, 3.8) is 0 Å². The van der Waals surface area contributed by atoms with E-state index in [-0.39, 0.29) is 42.1 Å². The third-order valence-electron chi connectivity index (χ3n) is 5.00. The lowest BCUT2D eigenvalue weighted by Crippen LogP contribution is -2.53. The van der Waals surface area contributed by atoms with Crippen molar-refractivity contribution in [2.75, 3.05) is 17.3 Å². The summed E-state index contributed by atoms with van der Waals surface area (Å²) in [4.78, 5) is 31.8. The molecule has 0 bridgehead atoms. The number of aromatic nitrogens is 1. The van der Waals surface area contributed by atoms with Gasteiger partial charge in [-0.3, -0.25) is 14.5 Å². The van der Waals surface area contributed by atoms with E-state index in [1.807, 2.05) is 19.9 Å². The highest BCUT2D eigenvalue weighted by Gasteiger charge is 2.46. The monoisotopic (exact) mass is 466 g/mol. The number of nitrogens with one attached hydrogen (secondary N) is 2. The first kappa shape index (κ1) is 24.9. The fourth-order valence-electron chi connectivity index (χ4n) is 3.50. The van der Waals surface area contributed by atoms with Gasteiger partial charge in [0.05, 0.1) is 11.7 Å². The average molecular weight is 467 g/mol. The summed E-state index contributed by atoms with van der Waals surface area (Å²) in [5, 5.41) is 6.18. The van der Waals surface area contributed by atoms with E-state index < -0.39 is 5.60 Å². The zero-order chi connectivity index (χ0) is 22.1. The molecule has 2 heterocycles. The van der Waals surface area contributed by atoms with Crippen LogP contribution in [-0.4, -0.2) is 35.5 Å². The van der Waals surface area contributed by atoms with Crippen LogP contribution in [0.3, 0.4) is 0 Å². The predicted octanol–water partition coefficient (Wildman–Crippen LogP) is 4.57. The normalized spacial score (nSPS) is 18.7. The standard InChI is InChI=1S/C22H27ClN4O3.ClH/c1-13(2)12-22(4)21(29)27(16-8-6-7-15(23)11-16)17-9-10-18(26-20(17)30-22)25-19(28)14(3)24-5;/h6-11,13-14,24H,12H2,1-5H3,(H,25,26,28);1H/t14-,22?;/m0./s1. The van der Waals surface area contributed by atoms with Gasteiger partial charge < -0.3 is 15.4 Å². The Morgan fingerprint density at radius 1 is 1.26 bits per heavy atom. The van der Waals surface area contributed by atoms with Crippen LogP contribution < -0.4 is 20.3 Å². The van der Waals surface area contributed by atoms with Crippen molar-refractivity contribution in [1.29, 1.82) is 0 Å². The lowest BCUT2D eigenvalue weighted by molar-refractivity contribution is -0.134. The zero-order valence-corrected chi connectivity index (χ0v) is 19.8. The Balaban J connectivity index is 0.00000341. The van der Waals surface area contributed by atoms with Crippen molar-refractivity contribution < 1.29 is 14.3 Å². The molecule has 0 saturated carbocycles.